The summed E-state index contributed by atoms with van der Waals surface area (Å²) in [6.45, 7) is 7.43. The van der Waals surface area contributed by atoms with Crippen molar-refractivity contribution >= 4 is 36.2 Å². The Kier molecular flexibility index (Phi) is 10.2. The molecule has 0 amide bonds. The Morgan fingerprint density at radius 2 is 1.94 bits per heavy atom. The molecule has 0 aliphatic rings. The van der Waals surface area contributed by atoms with E-state index < -0.39 is 20.2 Å². The fourth-order valence-electron chi connectivity index (χ4n) is 1.86. The zero-order valence-electron chi connectivity index (χ0n) is 11.6. The molecule has 1 aromatic rings. The Labute approximate surface area is 125 Å². The van der Waals surface area contributed by atoms with E-state index in [-0.39, 0.29) is 18.4 Å². The summed E-state index contributed by atoms with van der Waals surface area (Å²) in [6, 6.07) is 8.68. The van der Waals surface area contributed by atoms with Crippen molar-refractivity contribution in [1.82, 2.24) is 0 Å². The fraction of sp³-hybridized carbons (Fsp3) is 0.571. The first-order valence-corrected chi connectivity index (χ1v) is 11.1. The van der Waals surface area contributed by atoms with Gasteiger partial charge in [0.1, 0.15) is 0 Å². The van der Waals surface area contributed by atoms with E-state index in [1.807, 2.05) is 0 Å². The van der Waals surface area contributed by atoms with Gasteiger partial charge in [-0.1, -0.05) is 0 Å². The third-order valence-corrected chi connectivity index (χ3v) is 9.27. The minimum atomic E-state index is -1.89. The summed E-state index contributed by atoms with van der Waals surface area (Å²) in [5, 5.41) is 0. The summed E-state index contributed by atoms with van der Waals surface area (Å²) in [4.78, 5) is 0. The number of halogens is 1. The number of benzene rings is 1. The molecular weight excluding hydrogens is 352 g/mol. The molecule has 0 aromatic heterocycles. The fourth-order valence-corrected chi connectivity index (χ4v) is 7.70. The van der Waals surface area contributed by atoms with E-state index in [1.54, 1.807) is 0 Å². The van der Waals surface area contributed by atoms with Crippen LogP contribution >= 0.6 is 12.4 Å². The molecule has 0 heterocycles. The third kappa shape index (κ3) is 5.47. The van der Waals surface area contributed by atoms with Gasteiger partial charge >= 0.3 is 113 Å². The van der Waals surface area contributed by atoms with Gasteiger partial charge in [-0.05, 0) is 0 Å². The quantitative estimate of drug-likeness (QED) is 0.585. The van der Waals surface area contributed by atoms with E-state index in [0.29, 0.717) is 0 Å². The average molecular weight is 378 g/mol. The smallest absolute Gasteiger partial charge is 0.147 e. The SMILES string of the molecule is CCCC[O][Sn]([CH2]C)[c]1ccccc1C(C)N.Cl. The normalized spacial score (nSPS) is 12.3. The standard InChI is InChI=1S/C8H10N.C4H9O.C2H5.ClH.Sn/c1-7(9)8-5-3-2-4-6-8;1-2-3-4-5;1-2;;/h2-5,7H,9H2,1H3;2-4H2,1H3;1H2,2H3;1H;/q;-1;;;+1. The second-order valence-electron chi connectivity index (χ2n) is 4.35. The van der Waals surface area contributed by atoms with E-state index in [9.17, 15) is 0 Å². The Bertz CT molecular complexity index is 333. The van der Waals surface area contributed by atoms with Crippen LogP contribution < -0.4 is 9.31 Å². The first kappa shape index (κ1) is 18.2. The van der Waals surface area contributed by atoms with Crippen molar-refractivity contribution in [3.8, 4) is 0 Å². The topological polar surface area (TPSA) is 35.2 Å². The van der Waals surface area contributed by atoms with Crippen LogP contribution in [0.15, 0.2) is 24.3 Å². The molecule has 0 aliphatic heterocycles. The summed E-state index contributed by atoms with van der Waals surface area (Å²) in [5.41, 5.74) is 7.33. The van der Waals surface area contributed by atoms with Crippen molar-refractivity contribution in [2.75, 3.05) is 6.61 Å². The second kappa shape index (κ2) is 10.1. The van der Waals surface area contributed by atoms with Gasteiger partial charge in [-0.3, -0.25) is 0 Å². The van der Waals surface area contributed by atoms with Crippen molar-refractivity contribution in [1.29, 1.82) is 0 Å². The summed E-state index contributed by atoms with van der Waals surface area (Å²) >= 11 is -1.89. The van der Waals surface area contributed by atoms with Gasteiger partial charge in [-0.2, -0.15) is 0 Å². The Balaban J connectivity index is 0.00000289. The summed E-state index contributed by atoms with van der Waals surface area (Å²) in [5.74, 6) is 0. The Hall–Kier alpha value is 0.229. The van der Waals surface area contributed by atoms with Crippen LogP contribution in [0.2, 0.25) is 4.44 Å². The minimum Gasteiger partial charge on any atom is -0.147 e. The van der Waals surface area contributed by atoms with Gasteiger partial charge in [0, 0.05) is 0 Å². The van der Waals surface area contributed by atoms with Gasteiger partial charge in [-0.15, -0.1) is 12.4 Å². The molecule has 0 bridgehead atoms. The molecule has 1 radical (unpaired) electrons. The number of rotatable bonds is 7. The predicted octanol–water partition coefficient (Wildman–Crippen LogP) is 3.16. The van der Waals surface area contributed by atoms with Crippen LogP contribution in [0.5, 0.6) is 0 Å². The van der Waals surface area contributed by atoms with Crippen molar-refractivity contribution in [2.24, 2.45) is 5.73 Å². The van der Waals surface area contributed by atoms with Crippen LogP contribution in [-0.4, -0.2) is 26.8 Å². The molecule has 0 aliphatic carbocycles. The van der Waals surface area contributed by atoms with Gasteiger partial charge < -0.3 is 0 Å². The van der Waals surface area contributed by atoms with Crippen LogP contribution in [0.1, 0.15) is 45.2 Å². The first-order valence-electron chi connectivity index (χ1n) is 6.54. The molecule has 103 valence electrons. The van der Waals surface area contributed by atoms with Gasteiger partial charge in [0.25, 0.3) is 0 Å². The Morgan fingerprint density at radius 3 is 2.50 bits per heavy atom. The molecule has 2 nitrogen and oxygen atoms in total. The number of unbranched alkanes of at least 4 members (excludes halogenated alkanes) is 1. The van der Waals surface area contributed by atoms with E-state index in [2.05, 4.69) is 45.0 Å². The largest absolute Gasteiger partial charge is 0.147 e. The summed E-state index contributed by atoms with van der Waals surface area (Å²) in [7, 11) is 0. The van der Waals surface area contributed by atoms with E-state index in [4.69, 9.17) is 8.81 Å². The molecule has 0 saturated carbocycles. The zero-order chi connectivity index (χ0) is 12.7. The van der Waals surface area contributed by atoms with Crippen LogP contribution in [0.4, 0.5) is 0 Å². The van der Waals surface area contributed by atoms with E-state index in [0.717, 1.165) is 6.61 Å². The van der Waals surface area contributed by atoms with Crippen molar-refractivity contribution < 1.29 is 3.07 Å². The third-order valence-electron chi connectivity index (χ3n) is 2.85. The van der Waals surface area contributed by atoms with Crippen LogP contribution in [0.3, 0.4) is 0 Å². The number of nitrogens with two attached hydrogens (primary N) is 1. The van der Waals surface area contributed by atoms with Crippen molar-refractivity contribution in [3.05, 3.63) is 29.8 Å². The molecule has 1 atom stereocenters. The molecule has 1 unspecified atom stereocenters. The van der Waals surface area contributed by atoms with Crippen molar-refractivity contribution in [2.45, 2.75) is 44.1 Å². The minimum absolute atomic E-state index is 0. The van der Waals surface area contributed by atoms with Gasteiger partial charge in [-0.25, -0.2) is 0 Å². The second-order valence-corrected chi connectivity index (χ2v) is 11.1. The Morgan fingerprint density at radius 1 is 1.28 bits per heavy atom. The zero-order valence-corrected chi connectivity index (χ0v) is 15.3. The maximum absolute atomic E-state index is 6.15. The van der Waals surface area contributed by atoms with E-state index in [1.165, 1.54) is 26.4 Å². The first-order chi connectivity index (χ1) is 8.20. The van der Waals surface area contributed by atoms with Crippen LogP contribution in [0.25, 0.3) is 0 Å². The molecule has 1 rings (SSSR count). The van der Waals surface area contributed by atoms with Gasteiger partial charge in [0.05, 0.1) is 0 Å². The van der Waals surface area contributed by atoms with E-state index >= 15 is 0 Å². The average Bonchev–Trinajstić information content (AvgIpc) is 2.35. The van der Waals surface area contributed by atoms with Gasteiger partial charge in [0.15, 0.2) is 0 Å². The van der Waals surface area contributed by atoms with Crippen LogP contribution in [-0.2, 0) is 3.07 Å². The molecular formula is C14H25ClNOSn. The monoisotopic (exact) mass is 378 g/mol. The maximum Gasteiger partial charge on any atom is -0.147 e. The summed E-state index contributed by atoms with van der Waals surface area (Å²) in [6.07, 6.45) is 2.37. The number of hydrogen-bond acceptors (Lipinski definition) is 2. The molecule has 4 heteroatoms. The van der Waals surface area contributed by atoms with Crippen LogP contribution in [0, 0.1) is 0 Å². The molecule has 0 saturated heterocycles. The predicted molar refractivity (Wildman–Crippen MR) is 83.0 cm³/mol. The molecule has 0 spiro atoms. The molecule has 2 N–H and O–H groups in total. The van der Waals surface area contributed by atoms with Crippen molar-refractivity contribution in [3.63, 3.8) is 0 Å². The maximum atomic E-state index is 6.15. The molecule has 18 heavy (non-hydrogen) atoms. The molecule has 0 fully saturated rings. The number of hydrogen-bond donors (Lipinski definition) is 1. The molecule has 1 aromatic carbocycles. The summed E-state index contributed by atoms with van der Waals surface area (Å²) < 4.78 is 8.79. The van der Waals surface area contributed by atoms with Gasteiger partial charge in [0.2, 0.25) is 0 Å².